The molecule has 0 saturated carbocycles. The maximum Gasteiger partial charge on any atom is 0.105 e. The number of nitrogens with zero attached hydrogens (tertiary/aromatic N) is 2. The van der Waals surface area contributed by atoms with E-state index in [1.54, 1.807) is 0 Å². The Labute approximate surface area is 256 Å². The first kappa shape index (κ1) is 24.8. The molecule has 6 aromatic carbocycles. The first-order valence-corrected chi connectivity index (χ1v) is 15.3. The van der Waals surface area contributed by atoms with Crippen LogP contribution in [0.2, 0.25) is 0 Å². The minimum Gasteiger partial charge on any atom is -0.310 e. The number of hydrogen-bond donors (Lipinski definition) is 0. The highest BCUT2D eigenvalue weighted by Crippen LogP contribution is 2.42. The highest BCUT2D eigenvalue weighted by Gasteiger charge is 2.22. The van der Waals surface area contributed by atoms with Gasteiger partial charge < -0.3 is 9.13 Å². The van der Waals surface area contributed by atoms with Gasteiger partial charge in [-0.05, 0) is 66.5 Å². The Morgan fingerprint density at radius 3 is 1.86 bits per heavy atom. The van der Waals surface area contributed by atoms with E-state index in [1.165, 1.54) is 71.7 Å². The molecule has 0 radical (unpaired) electrons. The SMILES string of the molecule is c1ccc2c3ccccc3n(-c3c(C4=CC(n5c6ccccc6c6ccccc65)=CCC4)cccc3-c3ccccc3)c2c#1. The zero-order chi connectivity index (χ0) is 29.0. The molecule has 2 nitrogen and oxygen atoms in total. The van der Waals surface area contributed by atoms with Crippen molar-refractivity contribution in [2.75, 3.05) is 0 Å². The summed E-state index contributed by atoms with van der Waals surface area (Å²) in [5, 5.41) is 4.99. The zero-order valence-electron chi connectivity index (χ0n) is 24.2. The van der Waals surface area contributed by atoms with Crippen molar-refractivity contribution < 1.29 is 0 Å². The molecule has 0 unspecified atom stereocenters. The van der Waals surface area contributed by atoms with Gasteiger partial charge in [-0.25, -0.2) is 0 Å². The summed E-state index contributed by atoms with van der Waals surface area (Å²) in [5.74, 6) is 0. The van der Waals surface area contributed by atoms with E-state index in [1.807, 2.05) is 6.07 Å². The molecule has 0 N–H and O–H groups in total. The van der Waals surface area contributed by atoms with Gasteiger partial charge in [-0.15, -0.1) is 0 Å². The van der Waals surface area contributed by atoms with E-state index in [0.29, 0.717) is 0 Å². The van der Waals surface area contributed by atoms with Crippen molar-refractivity contribution in [3.8, 4) is 16.8 Å². The molecule has 2 heteroatoms. The van der Waals surface area contributed by atoms with Crippen molar-refractivity contribution in [2.45, 2.75) is 12.8 Å². The molecule has 9 rings (SSSR count). The molecule has 1 aliphatic rings. The van der Waals surface area contributed by atoms with Crippen LogP contribution in [-0.4, -0.2) is 9.13 Å². The summed E-state index contributed by atoms with van der Waals surface area (Å²) in [4.78, 5) is 0. The lowest BCUT2D eigenvalue weighted by molar-refractivity contribution is 1.03. The molecule has 0 atom stereocenters. The van der Waals surface area contributed by atoms with E-state index in [2.05, 4.69) is 161 Å². The number of aromatic nitrogens is 2. The average Bonchev–Trinajstić information content (AvgIpc) is 3.61. The quantitative estimate of drug-likeness (QED) is 0.203. The summed E-state index contributed by atoms with van der Waals surface area (Å²) in [5.41, 5.74) is 12.1. The van der Waals surface area contributed by atoms with E-state index < -0.39 is 0 Å². The minimum absolute atomic E-state index is 0.971. The van der Waals surface area contributed by atoms with Crippen LogP contribution in [0.3, 0.4) is 0 Å². The lowest BCUT2D eigenvalue weighted by Crippen LogP contribution is -2.05. The molecule has 2 heterocycles. The molecule has 0 amide bonds. The van der Waals surface area contributed by atoms with Crippen LogP contribution in [0.4, 0.5) is 0 Å². The number of benzene rings is 5. The Kier molecular flexibility index (Phi) is 5.58. The van der Waals surface area contributed by atoms with Gasteiger partial charge in [0.2, 0.25) is 0 Å². The highest BCUT2D eigenvalue weighted by atomic mass is 15.0. The van der Waals surface area contributed by atoms with Gasteiger partial charge in [0, 0.05) is 38.4 Å². The van der Waals surface area contributed by atoms with Gasteiger partial charge in [0.25, 0.3) is 0 Å². The number of allylic oxidation sites excluding steroid dienone is 4. The minimum atomic E-state index is 0.971. The Balaban J connectivity index is 1.34. The fourth-order valence-corrected chi connectivity index (χ4v) is 7.17. The Bertz CT molecular complexity index is 2330. The Morgan fingerprint density at radius 1 is 0.523 bits per heavy atom. The number of fused-ring (bicyclic) bond motifs is 6. The average molecular weight is 561 g/mol. The molecule has 2 aromatic heterocycles. The molecule has 1 aliphatic carbocycles. The predicted molar refractivity (Wildman–Crippen MR) is 185 cm³/mol. The maximum atomic E-state index is 3.49. The third-order valence-corrected chi connectivity index (χ3v) is 9.06. The van der Waals surface area contributed by atoms with Crippen LogP contribution in [0.1, 0.15) is 18.4 Å². The van der Waals surface area contributed by atoms with E-state index >= 15 is 0 Å². The fraction of sp³-hybridized carbons (Fsp3) is 0.0476. The predicted octanol–water partition coefficient (Wildman–Crippen LogP) is 10.9. The number of para-hydroxylation sites is 4. The van der Waals surface area contributed by atoms with Crippen molar-refractivity contribution in [2.24, 2.45) is 0 Å². The summed E-state index contributed by atoms with van der Waals surface area (Å²) in [7, 11) is 0. The molecule has 8 aromatic rings. The highest BCUT2D eigenvalue weighted by molar-refractivity contribution is 6.12. The Morgan fingerprint density at radius 2 is 1.14 bits per heavy atom. The maximum absolute atomic E-state index is 3.49. The smallest absolute Gasteiger partial charge is 0.105 e. The van der Waals surface area contributed by atoms with Gasteiger partial charge in [-0.2, -0.15) is 0 Å². The van der Waals surface area contributed by atoms with E-state index in [0.717, 1.165) is 18.4 Å². The van der Waals surface area contributed by atoms with E-state index in [9.17, 15) is 0 Å². The van der Waals surface area contributed by atoms with Crippen LogP contribution in [0.25, 0.3) is 71.7 Å². The summed E-state index contributed by atoms with van der Waals surface area (Å²) in [6, 6.07) is 54.6. The third-order valence-electron chi connectivity index (χ3n) is 9.06. The summed E-state index contributed by atoms with van der Waals surface area (Å²) < 4.78 is 4.85. The van der Waals surface area contributed by atoms with E-state index in [4.69, 9.17) is 0 Å². The van der Waals surface area contributed by atoms with Crippen molar-refractivity contribution in [3.63, 3.8) is 0 Å². The molecule has 0 aliphatic heterocycles. The normalized spacial score (nSPS) is 13.4. The zero-order valence-corrected chi connectivity index (χ0v) is 24.2. The molecular weight excluding hydrogens is 532 g/mol. The van der Waals surface area contributed by atoms with Crippen molar-refractivity contribution >= 4 is 54.9 Å². The third kappa shape index (κ3) is 3.70. The summed E-state index contributed by atoms with van der Waals surface area (Å²) in [6.07, 6.45) is 6.76. The summed E-state index contributed by atoms with van der Waals surface area (Å²) >= 11 is 0. The van der Waals surface area contributed by atoms with Gasteiger partial charge in [0.05, 0.1) is 22.2 Å². The second-order valence-corrected chi connectivity index (χ2v) is 11.5. The molecule has 44 heavy (non-hydrogen) atoms. The first-order valence-electron chi connectivity index (χ1n) is 15.3. The fourth-order valence-electron chi connectivity index (χ4n) is 7.17. The van der Waals surface area contributed by atoms with Gasteiger partial charge >= 0.3 is 0 Å². The van der Waals surface area contributed by atoms with Crippen molar-refractivity contribution in [1.29, 1.82) is 0 Å². The van der Waals surface area contributed by atoms with Crippen molar-refractivity contribution in [1.82, 2.24) is 9.13 Å². The van der Waals surface area contributed by atoms with Gasteiger partial charge in [-0.3, -0.25) is 0 Å². The standard InChI is InChI=1S/C42H28N2/c1-2-14-29(15-3-1)32-22-13-23-33(42(32)44-40-26-10-6-20-36(40)37-21-7-11-27-41(37)44)30-16-12-17-31(28-30)43-38-24-8-4-18-34(38)35-19-5-9-25-39(35)43/h1-10,13-15,17-26,28H,12,16H2. The molecule has 0 bridgehead atoms. The van der Waals surface area contributed by atoms with Crippen LogP contribution >= 0.6 is 0 Å². The number of rotatable bonds is 4. The van der Waals surface area contributed by atoms with Gasteiger partial charge in [0.1, 0.15) is 5.52 Å². The van der Waals surface area contributed by atoms with Crippen LogP contribution in [0.15, 0.2) is 146 Å². The van der Waals surface area contributed by atoms with Gasteiger partial charge in [-0.1, -0.05) is 115 Å². The van der Waals surface area contributed by atoms with E-state index in [-0.39, 0.29) is 0 Å². The molecule has 206 valence electrons. The largest absolute Gasteiger partial charge is 0.310 e. The monoisotopic (exact) mass is 560 g/mol. The second kappa shape index (κ2) is 9.90. The Hall–Kier alpha value is -5.78. The molecule has 0 fully saturated rings. The second-order valence-electron chi connectivity index (χ2n) is 11.5. The lowest BCUT2D eigenvalue weighted by Gasteiger charge is -2.22. The molecule has 0 spiro atoms. The first-order chi connectivity index (χ1) is 21.9. The van der Waals surface area contributed by atoms with Crippen LogP contribution in [-0.2, 0) is 0 Å². The van der Waals surface area contributed by atoms with Crippen LogP contribution in [0.5, 0.6) is 0 Å². The summed E-state index contributed by atoms with van der Waals surface area (Å²) in [6.45, 7) is 0. The molecule has 0 saturated heterocycles. The van der Waals surface area contributed by atoms with Crippen LogP contribution < -0.4 is 0 Å². The van der Waals surface area contributed by atoms with Crippen LogP contribution in [0, 0.1) is 12.1 Å². The molecular formula is C42H28N2. The number of hydrogen-bond acceptors (Lipinski definition) is 0. The van der Waals surface area contributed by atoms with Gasteiger partial charge in [0.15, 0.2) is 0 Å². The van der Waals surface area contributed by atoms with Crippen molar-refractivity contribution in [3.05, 3.63) is 163 Å². The topological polar surface area (TPSA) is 9.86 Å². The lowest BCUT2D eigenvalue weighted by atomic mass is 9.90.